The maximum absolute atomic E-state index is 14.4. The first-order valence-electron chi connectivity index (χ1n) is 8.69. The molecule has 1 aliphatic carbocycles. The van der Waals surface area contributed by atoms with Gasteiger partial charge in [0.2, 0.25) is 0 Å². The van der Waals surface area contributed by atoms with E-state index in [0.717, 1.165) is 10.4 Å². The quantitative estimate of drug-likeness (QED) is 0.849. The molecule has 2 aromatic rings. The summed E-state index contributed by atoms with van der Waals surface area (Å²) in [5.41, 5.74) is 0. The second-order valence-electron chi connectivity index (χ2n) is 7.62. The molecule has 0 aliphatic heterocycles. The highest BCUT2D eigenvalue weighted by atomic mass is 28.4. The molecule has 25 heavy (non-hydrogen) atoms. The lowest BCUT2D eigenvalue weighted by Gasteiger charge is -2.44. The van der Waals surface area contributed by atoms with Crippen molar-refractivity contribution in [3.8, 4) is 0 Å². The second kappa shape index (κ2) is 6.87. The number of halogens is 1. The average Bonchev–Trinajstić information content (AvgIpc) is 2.90. The van der Waals surface area contributed by atoms with Gasteiger partial charge in [0.05, 0.1) is 6.10 Å². The third-order valence-corrected chi connectivity index (χ3v) is 9.89. The minimum atomic E-state index is -2.78. The monoisotopic (exact) mass is 356 g/mol. The molecule has 0 aromatic heterocycles. The smallest absolute Gasteiger partial charge is 0.262 e. The van der Waals surface area contributed by atoms with E-state index in [1.807, 2.05) is 36.4 Å². The van der Waals surface area contributed by atoms with Crippen LogP contribution in [0.3, 0.4) is 0 Å². The zero-order chi connectivity index (χ0) is 18.1. The highest BCUT2D eigenvalue weighted by Crippen LogP contribution is 2.39. The Kier molecular flexibility index (Phi) is 4.96. The summed E-state index contributed by atoms with van der Waals surface area (Å²) in [6.45, 7) is 6.48. The topological polar surface area (TPSA) is 29.5 Å². The Hall–Kier alpha value is -1.75. The molecule has 1 N–H and O–H groups in total. The van der Waals surface area contributed by atoms with Crippen LogP contribution in [0.2, 0.25) is 5.04 Å². The zero-order valence-electron chi connectivity index (χ0n) is 14.9. The van der Waals surface area contributed by atoms with E-state index in [1.165, 1.54) is 6.08 Å². The molecule has 3 rings (SSSR count). The van der Waals surface area contributed by atoms with E-state index in [9.17, 15) is 9.50 Å². The summed E-state index contributed by atoms with van der Waals surface area (Å²) in [5.74, 6) is -0.361. The summed E-state index contributed by atoms with van der Waals surface area (Å²) in [4.78, 5) is 0. The third kappa shape index (κ3) is 3.34. The molecule has 0 radical (unpaired) electrons. The van der Waals surface area contributed by atoms with Crippen LogP contribution in [0.5, 0.6) is 0 Å². The fraction of sp³-hybridized carbons (Fsp3) is 0.333. The van der Waals surface area contributed by atoms with E-state index < -0.39 is 20.5 Å². The van der Waals surface area contributed by atoms with E-state index >= 15 is 0 Å². The standard InChI is InChI=1S/C21H25FO2Si/c1-21(2,3)25(17-10-6-4-7-11-17,18-12-8-5-9-13-18)24-20-15-16(23)14-19(20)22/h4-14,16,20,23H,15H2,1-3H3/t16-,20-/m0/s1. The van der Waals surface area contributed by atoms with Crippen LogP contribution in [0.4, 0.5) is 4.39 Å². The first kappa shape index (κ1) is 18.1. The van der Waals surface area contributed by atoms with Crippen LogP contribution in [0.15, 0.2) is 72.6 Å². The van der Waals surface area contributed by atoms with Gasteiger partial charge >= 0.3 is 0 Å². The van der Waals surface area contributed by atoms with Crippen molar-refractivity contribution < 1.29 is 13.9 Å². The van der Waals surface area contributed by atoms with Gasteiger partial charge in [-0.1, -0.05) is 81.4 Å². The molecule has 2 atom stereocenters. The number of hydrogen-bond donors (Lipinski definition) is 1. The maximum atomic E-state index is 14.4. The molecule has 4 heteroatoms. The van der Waals surface area contributed by atoms with E-state index in [4.69, 9.17) is 4.43 Å². The maximum Gasteiger partial charge on any atom is 0.262 e. The summed E-state index contributed by atoms with van der Waals surface area (Å²) >= 11 is 0. The molecule has 1 aliphatic rings. The molecular weight excluding hydrogens is 331 g/mol. The summed E-state index contributed by atoms with van der Waals surface area (Å²) < 4.78 is 21.0. The van der Waals surface area contributed by atoms with Gasteiger partial charge < -0.3 is 9.53 Å². The van der Waals surface area contributed by atoms with E-state index in [2.05, 4.69) is 45.0 Å². The van der Waals surface area contributed by atoms with Gasteiger partial charge in [0, 0.05) is 6.42 Å². The molecule has 0 heterocycles. The van der Waals surface area contributed by atoms with Crippen molar-refractivity contribution in [2.75, 3.05) is 0 Å². The van der Waals surface area contributed by atoms with Gasteiger partial charge in [-0.2, -0.15) is 0 Å². The number of benzene rings is 2. The van der Waals surface area contributed by atoms with Crippen LogP contribution in [-0.2, 0) is 4.43 Å². The lowest BCUT2D eigenvalue weighted by molar-refractivity contribution is 0.145. The predicted octanol–water partition coefficient (Wildman–Crippen LogP) is 3.55. The normalized spacial score (nSPS) is 21.2. The number of aliphatic hydroxyl groups is 1. The Labute approximate surface area is 150 Å². The van der Waals surface area contributed by atoms with Gasteiger partial charge in [0.1, 0.15) is 11.9 Å². The lowest BCUT2D eigenvalue weighted by Crippen LogP contribution is -2.67. The molecule has 2 nitrogen and oxygen atoms in total. The highest BCUT2D eigenvalue weighted by Gasteiger charge is 2.52. The van der Waals surface area contributed by atoms with Gasteiger partial charge in [0.15, 0.2) is 0 Å². The zero-order valence-corrected chi connectivity index (χ0v) is 15.9. The lowest BCUT2D eigenvalue weighted by atomic mass is 10.2. The van der Waals surface area contributed by atoms with E-state index in [0.29, 0.717) is 0 Å². The first-order chi connectivity index (χ1) is 11.8. The highest BCUT2D eigenvalue weighted by molar-refractivity contribution is 6.99. The Bertz CT molecular complexity index is 698. The van der Waals surface area contributed by atoms with Crippen LogP contribution < -0.4 is 10.4 Å². The Morgan fingerprint density at radius 2 is 1.44 bits per heavy atom. The van der Waals surface area contributed by atoms with Gasteiger partial charge in [0.25, 0.3) is 8.32 Å². The number of aliphatic hydroxyl groups excluding tert-OH is 1. The van der Waals surface area contributed by atoms with Gasteiger partial charge in [-0.15, -0.1) is 0 Å². The molecule has 0 spiro atoms. The van der Waals surface area contributed by atoms with Crippen LogP contribution in [0, 0.1) is 0 Å². The van der Waals surface area contributed by atoms with Gasteiger partial charge in [-0.25, -0.2) is 4.39 Å². The Morgan fingerprint density at radius 3 is 1.80 bits per heavy atom. The Balaban J connectivity index is 2.18. The Morgan fingerprint density at radius 1 is 0.960 bits per heavy atom. The summed E-state index contributed by atoms with van der Waals surface area (Å²) in [7, 11) is -2.78. The fourth-order valence-electron chi connectivity index (χ4n) is 3.70. The van der Waals surface area contributed by atoms with Crippen molar-refractivity contribution in [1.82, 2.24) is 0 Å². The van der Waals surface area contributed by atoms with Crippen LogP contribution in [-0.4, -0.2) is 25.6 Å². The molecule has 132 valence electrons. The van der Waals surface area contributed by atoms with Gasteiger partial charge in [-0.05, 0) is 21.5 Å². The van der Waals surface area contributed by atoms with Crippen LogP contribution in [0.25, 0.3) is 0 Å². The van der Waals surface area contributed by atoms with Crippen molar-refractivity contribution in [2.24, 2.45) is 0 Å². The largest absolute Gasteiger partial charge is 0.398 e. The third-order valence-electron chi connectivity index (χ3n) is 4.85. The molecule has 0 amide bonds. The van der Waals surface area contributed by atoms with Crippen LogP contribution in [0.1, 0.15) is 27.2 Å². The summed E-state index contributed by atoms with van der Waals surface area (Å²) in [6, 6.07) is 20.3. The first-order valence-corrected chi connectivity index (χ1v) is 10.6. The molecular formula is C21H25FO2Si. The second-order valence-corrected chi connectivity index (χ2v) is 11.9. The molecule has 0 bridgehead atoms. The average molecular weight is 357 g/mol. The molecule has 0 saturated heterocycles. The minimum absolute atomic E-state index is 0.205. The van der Waals surface area contributed by atoms with Crippen LogP contribution >= 0.6 is 0 Å². The molecule has 2 aromatic carbocycles. The van der Waals surface area contributed by atoms with Crippen molar-refractivity contribution in [1.29, 1.82) is 0 Å². The number of rotatable bonds is 4. The van der Waals surface area contributed by atoms with Gasteiger partial charge in [-0.3, -0.25) is 0 Å². The molecule has 0 fully saturated rings. The van der Waals surface area contributed by atoms with Crippen molar-refractivity contribution >= 4 is 18.7 Å². The fourth-order valence-corrected chi connectivity index (χ4v) is 8.35. The number of hydrogen-bond acceptors (Lipinski definition) is 2. The van der Waals surface area contributed by atoms with Crippen molar-refractivity contribution in [3.05, 3.63) is 72.6 Å². The minimum Gasteiger partial charge on any atom is -0.398 e. The van der Waals surface area contributed by atoms with Crippen molar-refractivity contribution in [3.63, 3.8) is 0 Å². The molecule has 0 saturated carbocycles. The summed E-state index contributed by atoms with van der Waals surface area (Å²) in [6.07, 6.45) is 0.0724. The predicted molar refractivity (Wildman–Crippen MR) is 102 cm³/mol. The van der Waals surface area contributed by atoms with E-state index in [1.54, 1.807) is 0 Å². The molecule has 0 unspecified atom stereocenters. The van der Waals surface area contributed by atoms with E-state index in [-0.39, 0.29) is 17.3 Å². The SMILES string of the molecule is CC(C)(C)[Si](O[C@H]1C[C@@H](O)C=C1F)(c1ccccc1)c1ccccc1. The summed E-state index contributed by atoms with van der Waals surface area (Å²) in [5, 5.41) is 11.9. The van der Waals surface area contributed by atoms with Crippen molar-refractivity contribution in [2.45, 2.75) is 44.4 Å².